The van der Waals surface area contributed by atoms with E-state index in [1.54, 1.807) is 12.1 Å². The van der Waals surface area contributed by atoms with Gasteiger partial charge in [0, 0.05) is 5.56 Å². The van der Waals surface area contributed by atoms with Gasteiger partial charge in [0.2, 0.25) is 0 Å². The minimum absolute atomic E-state index is 0.0621. The number of rotatable bonds is 3. The van der Waals surface area contributed by atoms with Crippen molar-refractivity contribution in [3.8, 4) is 17.2 Å². The first-order chi connectivity index (χ1) is 10.0. The van der Waals surface area contributed by atoms with Gasteiger partial charge in [-0.1, -0.05) is 12.1 Å². The zero-order valence-corrected chi connectivity index (χ0v) is 11.9. The van der Waals surface area contributed by atoms with E-state index in [-0.39, 0.29) is 17.8 Å². The first-order valence-electron chi connectivity index (χ1n) is 6.86. The maximum Gasteiger partial charge on any atom is 0.323 e. The summed E-state index contributed by atoms with van der Waals surface area (Å²) in [6, 6.07) is 12.1. The molecule has 0 aliphatic carbocycles. The van der Waals surface area contributed by atoms with Crippen molar-refractivity contribution >= 4 is 5.97 Å². The topological polar surface area (TPSA) is 55.8 Å². The monoisotopic (exact) mass is 284 g/mol. The van der Waals surface area contributed by atoms with Gasteiger partial charge < -0.3 is 14.6 Å². The molecule has 3 rings (SSSR count). The normalized spacial score (nSPS) is 16.7. The minimum atomic E-state index is -0.525. The summed E-state index contributed by atoms with van der Waals surface area (Å²) in [6.07, 6.45) is 0.0621. The molecule has 2 aromatic rings. The Morgan fingerprint density at radius 2 is 2.00 bits per heavy atom. The molecule has 0 radical (unpaired) electrons. The molecule has 0 bridgehead atoms. The summed E-state index contributed by atoms with van der Waals surface area (Å²) in [6.45, 7) is 3.90. The van der Waals surface area contributed by atoms with Crippen molar-refractivity contribution in [1.82, 2.24) is 0 Å². The number of aromatic hydroxyl groups is 1. The molecule has 1 atom stereocenters. The SMILES string of the molecule is CC(C)Oc1cccc(C2C(=O)Oc3ccc(O)cc32)c1. The van der Waals surface area contributed by atoms with Crippen molar-refractivity contribution < 1.29 is 19.4 Å². The summed E-state index contributed by atoms with van der Waals surface area (Å²) in [5.74, 6) is 0.466. The fourth-order valence-corrected chi connectivity index (χ4v) is 2.50. The largest absolute Gasteiger partial charge is 0.508 e. The molecule has 21 heavy (non-hydrogen) atoms. The van der Waals surface area contributed by atoms with Gasteiger partial charge in [-0.25, -0.2) is 0 Å². The van der Waals surface area contributed by atoms with Crippen LogP contribution >= 0.6 is 0 Å². The summed E-state index contributed by atoms with van der Waals surface area (Å²) < 4.78 is 10.9. The van der Waals surface area contributed by atoms with Gasteiger partial charge >= 0.3 is 5.97 Å². The Bertz CT molecular complexity index is 691. The Morgan fingerprint density at radius 3 is 2.76 bits per heavy atom. The molecule has 1 aliphatic heterocycles. The highest BCUT2D eigenvalue weighted by Crippen LogP contribution is 2.41. The predicted molar refractivity (Wildman–Crippen MR) is 77.8 cm³/mol. The van der Waals surface area contributed by atoms with Crippen molar-refractivity contribution in [1.29, 1.82) is 0 Å². The number of phenolic OH excluding ortho intramolecular Hbond substituents is 1. The number of phenols is 1. The molecular formula is C17H16O4. The van der Waals surface area contributed by atoms with Crippen LogP contribution in [0.2, 0.25) is 0 Å². The van der Waals surface area contributed by atoms with E-state index in [9.17, 15) is 9.90 Å². The second kappa shape index (κ2) is 5.13. The van der Waals surface area contributed by atoms with Crippen molar-refractivity contribution in [2.75, 3.05) is 0 Å². The van der Waals surface area contributed by atoms with E-state index >= 15 is 0 Å². The summed E-state index contributed by atoms with van der Waals surface area (Å²) in [5.41, 5.74) is 1.48. The number of carbonyl (C=O) groups excluding carboxylic acids is 1. The third-order valence-corrected chi connectivity index (χ3v) is 3.31. The third kappa shape index (κ3) is 2.57. The number of benzene rings is 2. The number of hydrogen-bond donors (Lipinski definition) is 1. The molecule has 0 amide bonds. The molecule has 1 unspecified atom stereocenters. The van der Waals surface area contributed by atoms with Crippen LogP contribution in [0.5, 0.6) is 17.2 Å². The first-order valence-corrected chi connectivity index (χ1v) is 6.86. The second-order valence-corrected chi connectivity index (χ2v) is 5.32. The van der Waals surface area contributed by atoms with E-state index in [1.165, 1.54) is 6.07 Å². The average Bonchev–Trinajstić information content (AvgIpc) is 2.73. The van der Waals surface area contributed by atoms with E-state index in [0.29, 0.717) is 17.1 Å². The van der Waals surface area contributed by atoms with Gasteiger partial charge in [-0.3, -0.25) is 4.79 Å². The fourth-order valence-electron chi connectivity index (χ4n) is 2.50. The van der Waals surface area contributed by atoms with Gasteiger partial charge in [-0.05, 0) is 49.7 Å². The molecule has 1 heterocycles. The Kier molecular flexibility index (Phi) is 3.29. The zero-order valence-electron chi connectivity index (χ0n) is 11.9. The highest BCUT2D eigenvalue weighted by atomic mass is 16.5. The van der Waals surface area contributed by atoms with E-state index < -0.39 is 5.92 Å². The van der Waals surface area contributed by atoms with Crippen molar-refractivity contribution in [3.63, 3.8) is 0 Å². The van der Waals surface area contributed by atoms with Crippen LogP contribution in [-0.4, -0.2) is 17.2 Å². The maximum atomic E-state index is 12.1. The molecule has 0 spiro atoms. The van der Waals surface area contributed by atoms with E-state index in [2.05, 4.69) is 0 Å². The quantitative estimate of drug-likeness (QED) is 0.694. The predicted octanol–water partition coefficient (Wildman–Crippen LogP) is 3.23. The molecular weight excluding hydrogens is 268 g/mol. The fraction of sp³-hybridized carbons (Fsp3) is 0.235. The summed E-state index contributed by atoms with van der Waals surface area (Å²) in [4.78, 5) is 12.1. The molecule has 0 fully saturated rings. The first kappa shape index (κ1) is 13.5. The second-order valence-electron chi connectivity index (χ2n) is 5.32. The summed E-state index contributed by atoms with van der Waals surface area (Å²) in [5, 5.41) is 9.63. The number of esters is 1. The highest BCUT2D eigenvalue weighted by molar-refractivity contribution is 5.89. The van der Waals surface area contributed by atoms with E-state index in [1.807, 2.05) is 38.1 Å². The molecule has 4 nitrogen and oxygen atoms in total. The number of ether oxygens (including phenoxy) is 2. The molecule has 2 aromatic carbocycles. The van der Waals surface area contributed by atoms with Crippen molar-refractivity contribution in [2.45, 2.75) is 25.9 Å². The molecule has 1 N–H and O–H groups in total. The highest BCUT2D eigenvalue weighted by Gasteiger charge is 2.35. The summed E-state index contributed by atoms with van der Waals surface area (Å²) in [7, 11) is 0. The number of carbonyl (C=O) groups is 1. The Balaban J connectivity index is 2.01. The maximum absolute atomic E-state index is 12.1. The Hall–Kier alpha value is -2.49. The zero-order chi connectivity index (χ0) is 15.0. The molecule has 0 aromatic heterocycles. The van der Waals surface area contributed by atoms with Gasteiger partial charge in [-0.15, -0.1) is 0 Å². The molecule has 0 saturated heterocycles. The molecule has 1 aliphatic rings. The van der Waals surface area contributed by atoms with Gasteiger partial charge in [-0.2, -0.15) is 0 Å². The molecule has 0 saturated carbocycles. The van der Waals surface area contributed by atoms with Gasteiger partial charge in [0.15, 0.2) is 0 Å². The lowest BCUT2D eigenvalue weighted by molar-refractivity contribution is -0.133. The van der Waals surface area contributed by atoms with Crippen LogP contribution < -0.4 is 9.47 Å². The standard InChI is InChI=1S/C17H16O4/c1-10(2)20-13-5-3-4-11(8-13)16-14-9-12(18)6-7-15(14)21-17(16)19/h3-10,16,18H,1-2H3. The lowest BCUT2D eigenvalue weighted by Gasteiger charge is -2.13. The van der Waals surface area contributed by atoms with E-state index in [4.69, 9.17) is 9.47 Å². The van der Waals surface area contributed by atoms with Gasteiger partial charge in [0.1, 0.15) is 23.2 Å². The average molecular weight is 284 g/mol. The van der Waals surface area contributed by atoms with Crippen LogP contribution in [0.25, 0.3) is 0 Å². The van der Waals surface area contributed by atoms with Crippen molar-refractivity contribution in [3.05, 3.63) is 53.6 Å². The minimum Gasteiger partial charge on any atom is -0.508 e. The Labute approximate surface area is 122 Å². The third-order valence-electron chi connectivity index (χ3n) is 3.31. The number of hydrogen-bond acceptors (Lipinski definition) is 4. The van der Waals surface area contributed by atoms with Crippen LogP contribution in [0.4, 0.5) is 0 Å². The number of fused-ring (bicyclic) bond motifs is 1. The lowest BCUT2D eigenvalue weighted by atomic mass is 9.92. The van der Waals surface area contributed by atoms with Crippen LogP contribution in [0, 0.1) is 0 Å². The Morgan fingerprint density at radius 1 is 1.19 bits per heavy atom. The van der Waals surface area contributed by atoms with Gasteiger partial charge in [0.05, 0.1) is 6.10 Å². The van der Waals surface area contributed by atoms with Crippen LogP contribution in [0.1, 0.15) is 30.9 Å². The smallest absolute Gasteiger partial charge is 0.323 e. The van der Waals surface area contributed by atoms with Crippen LogP contribution in [0.3, 0.4) is 0 Å². The summed E-state index contributed by atoms with van der Waals surface area (Å²) >= 11 is 0. The van der Waals surface area contributed by atoms with Gasteiger partial charge in [0.25, 0.3) is 0 Å². The van der Waals surface area contributed by atoms with E-state index in [0.717, 1.165) is 5.56 Å². The van der Waals surface area contributed by atoms with Crippen molar-refractivity contribution in [2.24, 2.45) is 0 Å². The lowest BCUT2D eigenvalue weighted by Crippen LogP contribution is -2.12. The molecule has 4 heteroatoms. The molecule has 108 valence electrons. The van der Waals surface area contributed by atoms with Crippen LogP contribution in [-0.2, 0) is 4.79 Å². The van der Waals surface area contributed by atoms with Crippen LogP contribution in [0.15, 0.2) is 42.5 Å².